The first-order valence-electron chi connectivity index (χ1n) is 23.2. The van der Waals surface area contributed by atoms with E-state index in [9.17, 15) is 29.9 Å². The first-order chi connectivity index (χ1) is 29.8. The highest BCUT2D eigenvalue weighted by Gasteiger charge is 2.32. The number of thioether (sulfide) groups is 1. The van der Waals surface area contributed by atoms with Crippen molar-refractivity contribution in [3.63, 3.8) is 0 Å². The van der Waals surface area contributed by atoms with Gasteiger partial charge >= 0.3 is 6.18 Å². The number of benzene rings is 3. The second-order valence-corrected chi connectivity index (χ2v) is 11.2. The minimum absolute atomic E-state index is 0.0482. The summed E-state index contributed by atoms with van der Waals surface area (Å²) < 4.78 is 204. The Kier molecular flexibility index (Phi) is 6.23. The van der Waals surface area contributed by atoms with Gasteiger partial charge in [0.2, 0.25) is 5.91 Å². The lowest BCUT2D eigenvalue weighted by Gasteiger charge is -2.28. The van der Waals surface area contributed by atoms with Crippen molar-refractivity contribution in [2.75, 3.05) is 26.1 Å². The number of hydrogen-bond acceptors (Lipinski definition) is 5. The number of amides is 1. The number of rotatable bonds is 13. The second kappa shape index (κ2) is 15.5. The summed E-state index contributed by atoms with van der Waals surface area (Å²) in [6.45, 7) is -5.28. The summed E-state index contributed by atoms with van der Waals surface area (Å²) in [6.07, 6.45) is -4.65. The maximum Gasteiger partial charge on any atom is 0.416 e. The molecule has 1 aliphatic rings. The van der Waals surface area contributed by atoms with Crippen LogP contribution < -0.4 is 5.56 Å². The first kappa shape index (κ1) is 19.3. The van der Waals surface area contributed by atoms with Crippen LogP contribution in [-0.2, 0) is 42.6 Å². The minimum atomic E-state index is -5.18. The summed E-state index contributed by atoms with van der Waals surface area (Å²) in [6, 6.07) is -12.4. The van der Waals surface area contributed by atoms with Crippen molar-refractivity contribution in [1.29, 1.82) is 0 Å². The van der Waals surface area contributed by atoms with Crippen molar-refractivity contribution in [3.05, 3.63) is 116 Å². The van der Waals surface area contributed by atoms with E-state index in [0.29, 0.717) is 6.42 Å². The van der Waals surface area contributed by atoms with Gasteiger partial charge in [0.15, 0.2) is 5.16 Å². The zero-order chi connectivity index (χ0) is 49.4. The van der Waals surface area contributed by atoms with Crippen molar-refractivity contribution < 1.29 is 45.7 Å². The van der Waals surface area contributed by atoms with Crippen LogP contribution in [0, 0.1) is 12.7 Å². The van der Waals surface area contributed by atoms with Gasteiger partial charge in [-0.25, -0.2) is 4.39 Å². The Bertz CT molecular complexity index is 2590. The molecule has 1 aromatic heterocycles. The molecule has 0 N–H and O–H groups in total. The normalized spacial score (nSPS) is 18.8. The Morgan fingerprint density at radius 1 is 0.979 bits per heavy atom. The number of fused-ring (bicyclic) bond motifs is 1. The molecule has 1 aliphatic carbocycles. The van der Waals surface area contributed by atoms with E-state index in [4.69, 9.17) is 20.6 Å². The van der Waals surface area contributed by atoms with E-state index >= 15 is 0 Å². The summed E-state index contributed by atoms with van der Waals surface area (Å²) >= 11 is 0.0482. The SMILES string of the molecule is [2H]c1c([2H])c(C([2H])([2H])Sc2nc(=O)c3c(n2CC(=O)N(Cc2c([2H])c([2H])c(-c4c([2H])c([2H])c(C(F)(F)F)c(C)c4[2H])c([2H])c2[2H])C([2H])([2H])C([2H])([2H])N(CC)CC)CCC3)c([2H])c([2H])c1F. The molecule has 0 bridgehead atoms. The summed E-state index contributed by atoms with van der Waals surface area (Å²) in [5, 5.41) is -0.603. The Hall–Kier alpha value is -3.96. The van der Waals surface area contributed by atoms with Gasteiger partial charge in [0.25, 0.3) is 5.56 Å². The summed E-state index contributed by atoms with van der Waals surface area (Å²) in [5.74, 6) is -2.92. The monoisotopic (exact) mass is 697 g/mol. The van der Waals surface area contributed by atoms with Crippen LogP contribution in [0.3, 0.4) is 0 Å². The highest BCUT2D eigenvalue weighted by molar-refractivity contribution is 7.98. The zero-order valence-electron chi connectivity index (χ0n) is 43.0. The predicted octanol–water partition coefficient (Wildman–Crippen LogP) is 7.53. The maximum absolute atomic E-state index is 14.8. The van der Waals surface area contributed by atoms with Gasteiger partial charge in [-0.15, -0.1) is 0 Å². The molecule has 254 valence electrons. The van der Waals surface area contributed by atoms with Crippen molar-refractivity contribution in [2.45, 2.75) is 70.2 Å². The first-order valence-corrected chi connectivity index (χ1v) is 15.5. The summed E-state index contributed by atoms with van der Waals surface area (Å²) in [7, 11) is 0. The molecule has 0 saturated heterocycles. The molecule has 3 aromatic carbocycles. The number of nitrogens with zero attached hydrogens (tertiary/aromatic N) is 4. The molecule has 0 atom stereocenters. The number of aromatic nitrogens is 2. The lowest BCUT2D eigenvalue weighted by Crippen LogP contribution is -2.40. The summed E-state index contributed by atoms with van der Waals surface area (Å²) in [5.41, 5.74) is -9.55. The van der Waals surface area contributed by atoms with E-state index < -0.39 is 160 Å². The van der Waals surface area contributed by atoms with Crippen molar-refractivity contribution >= 4 is 17.7 Å². The van der Waals surface area contributed by atoms with E-state index in [0.717, 1.165) is 16.4 Å². The zero-order valence-corrected chi connectivity index (χ0v) is 26.8. The highest BCUT2D eigenvalue weighted by atomic mass is 32.2. The van der Waals surface area contributed by atoms with Gasteiger partial charge in [0.1, 0.15) is 12.4 Å². The Balaban J connectivity index is 1.73. The average molecular weight is 698 g/mol. The van der Waals surface area contributed by atoms with Crippen molar-refractivity contribution in [1.82, 2.24) is 19.4 Å². The number of carbonyl (C=O) groups excluding carboxylic acids is 1. The Morgan fingerprint density at radius 3 is 2.31 bits per heavy atom. The van der Waals surface area contributed by atoms with E-state index in [2.05, 4.69) is 4.98 Å². The Morgan fingerprint density at radius 2 is 1.65 bits per heavy atom. The van der Waals surface area contributed by atoms with Crippen LogP contribution in [-0.4, -0.2) is 51.3 Å². The Labute approximate surface area is 306 Å². The third-order valence-electron chi connectivity index (χ3n) is 7.27. The van der Waals surface area contributed by atoms with E-state index in [1.165, 1.54) is 13.8 Å². The van der Waals surface area contributed by atoms with Gasteiger partial charge in [0.05, 0.1) is 23.4 Å². The van der Waals surface area contributed by atoms with Crippen LogP contribution in [0.5, 0.6) is 0 Å². The van der Waals surface area contributed by atoms with E-state index in [1.54, 1.807) is 0 Å². The number of alkyl halides is 3. The summed E-state index contributed by atoms with van der Waals surface area (Å²) in [4.78, 5) is 33.3. The molecule has 1 heterocycles. The molecule has 0 unspecified atom stereocenters. The third-order valence-corrected chi connectivity index (χ3v) is 8.07. The van der Waals surface area contributed by atoms with Crippen molar-refractivity contribution in [3.8, 4) is 11.1 Å². The molecule has 4 aromatic rings. The fourth-order valence-electron chi connectivity index (χ4n) is 4.80. The molecular formula is C37H40F4N4O2S. The van der Waals surface area contributed by atoms with Crippen molar-refractivity contribution in [2.24, 2.45) is 0 Å². The van der Waals surface area contributed by atoms with E-state index in [1.807, 2.05) is 0 Å². The van der Waals surface area contributed by atoms with Gasteiger partial charge < -0.3 is 14.4 Å². The topological polar surface area (TPSA) is 58.4 Å². The fraction of sp³-hybridized carbons (Fsp3) is 0.378. The lowest BCUT2D eigenvalue weighted by molar-refractivity contribution is -0.138. The minimum Gasteiger partial charge on any atom is -0.336 e. The highest BCUT2D eigenvalue weighted by Crippen LogP contribution is 2.34. The molecule has 1 amide bonds. The maximum atomic E-state index is 14.8. The number of halogens is 4. The molecule has 0 saturated carbocycles. The fourth-order valence-corrected chi connectivity index (χ4v) is 5.51. The van der Waals surface area contributed by atoms with Gasteiger partial charge in [-0.1, -0.05) is 73.9 Å². The van der Waals surface area contributed by atoms with Gasteiger partial charge in [0, 0.05) is 42.0 Å². The van der Waals surface area contributed by atoms with Crippen LogP contribution in [0.1, 0.15) is 77.1 Å². The molecule has 48 heavy (non-hydrogen) atoms. The number of hydrogen-bond donors (Lipinski definition) is 0. The molecule has 6 nitrogen and oxygen atoms in total. The quantitative estimate of drug-likeness (QED) is 0.0822. The van der Waals surface area contributed by atoms with Gasteiger partial charge in [-0.05, 0) is 85.2 Å². The van der Waals surface area contributed by atoms with Gasteiger partial charge in [-0.2, -0.15) is 18.2 Å². The predicted molar refractivity (Wildman–Crippen MR) is 181 cm³/mol. The lowest BCUT2D eigenvalue weighted by atomic mass is 9.98. The molecule has 11 heteroatoms. The molecular weight excluding hydrogens is 640 g/mol. The number of likely N-dealkylation sites (N-methyl/N-ethyl adjacent to an activating group) is 1. The number of carbonyl (C=O) groups is 1. The van der Waals surface area contributed by atoms with Gasteiger partial charge in [-0.3, -0.25) is 9.59 Å². The van der Waals surface area contributed by atoms with Crippen LogP contribution in [0.4, 0.5) is 17.6 Å². The third kappa shape index (κ3) is 8.54. The second-order valence-electron chi connectivity index (χ2n) is 10.4. The van der Waals surface area contributed by atoms with Crippen LogP contribution in [0.15, 0.2) is 76.4 Å². The van der Waals surface area contributed by atoms with Crippen LogP contribution in [0.25, 0.3) is 11.1 Å². The molecule has 0 spiro atoms. The van der Waals surface area contributed by atoms with E-state index in [-0.39, 0.29) is 53.9 Å². The average Bonchev–Trinajstić information content (AvgIpc) is 3.71. The molecule has 0 radical (unpaired) electrons. The smallest absolute Gasteiger partial charge is 0.336 e. The van der Waals surface area contributed by atoms with Crippen LogP contribution in [0.2, 0.25) is 0 Å². The largest absolute Gasteiger partial charge is 0.416 e. The molecule has 0 aliphatic heterocycles. The molecule has 5 rings (SSSR count). The van der Waals surface area contributed by atoms with Crippen LogP contribution >= 0.6 is 11.8 Å². The molecule has 0 fully saturated rings. The standard InChI is InChI=1S/C37H40F4N4O2S/c1-4-43(5-2)19-20-44(22-26-9-13-28(14-10-26)29-15-18-32(25(3)21-29)37(39,40)41)34(46)23-45-33-8-6-7-31(33)35(47)42-36(45)48-24-27-11-16-30(38)17-12-27/h9-18,21H,4-8,19-20,22-24H2,1-3H3/i9D,10D,11D,12D,13D,14D,15D,16D,17D,18D,19D2,20D2,21D,24D2.